The van der Waals surface area contributed by atoms with Crippen LogP contribution < -0.4 is 9.47 Å². The molecule has 2 aromatic rings. The van der Waals surface area contributed by atoms with Crippen molar-refractivity contribution >= 4 is 20.6 Å². The molecule has 0 bridgehead atoms. The van der Waals surface area contributed by atoms with Crippen LogP contribution in [0.25, 0.3) is 0 Å². The Hall–Kier alpha value is -2.27. The summed E-state index contributed by atoms with van der Waals surface area (Å²) in [5.74, 6) is 0.825. The van der Waals surface area contributed by atoms with E-state index in [1.807, 2.05) is 12.1 Å². The molecule has 21 heavy (non-hydrogen) atoms. The van der Waals surface area contributed by atoms with Crippen LogP contribution in [0.3, 0.4) is 0 Å². The van der Waals surface area contributed by atoms with Crippen molar-refractivity contribution in [2.45, 2.75) is 0 Å². The summed E-state index contributed by atoms with van der Waals surface area (Å²) in [6, 6.07) is 17.3. The Morgan fingerprint density at radius 1 is 0.714 bits per heavy atom. The zero-order chi connectivity index (χ0) is 15.3. The predicted octanol–water partition coefficient (Wildman–Crippen LogP) is 4.45. The first-order valence-electron chi connectivity index (χ1n) is 6.27. The van der Waals surface area contributed by atoms with E-state index in [2.05, 4.69) is 0 Å². The first-order valence-corrected chi connectivity index (χ1v) is 8.72. The Kier molecular flexibility index (Phi) is 4.65. The second kappa shape index (κ2) is 6.45. The highest BCUT2D eigenvalue weighted by Crippen LogP contribution is 2.44. The Bertz CT molecular complexity index is 568. The van der Waals surface area contributed by atoms with Crippen LogP contribution in [-0.2, 0) is 0 Å². The van der Waals surface area contributed by atoms with Gasteiger partial charge in [-0.2, -0.15) is 0 Å². The lowest BCUT2D eigenvalue weighted by molar-refractivity contribution is 0.221. The molecule has 5 heteroatoms. The lowest BCUT2D eigenvalue weighted by Gasteiger charge is -2.25. The molecule has 0 aromatic heterocycles. The molecule has 0 amide bonds. The highest BCUT2D eigenvalue weighted by Gasteiger charge is 2.34. The van der Waals surface area contributed by atoms with Gasteiger partial charge in [0.1, 0.15) is 11.5 Å². The van der Waals surface area contributed by atoms with E-state index < -0.39 is 20.6 Å². The first kappa shape index (κ1) is 15.1. The SMILES string of the molecule is CS(C)(C(=O)Oc1ccccc1)C(=O)Oc1ccccc1. The van der Waals surface area contributed by atoms with E-state index in [-0.39, 0.29) is 0 Å². The molecule has 0 fully saturated rings. The number of carbonyl (C=O) groups excluding carboxylic acids is 2. The van der Waals surface area contributed by atoms with Crippen LogP contribution in [0.15, 0.2) is 60.7 Å². The fraction of sp³-hybridized carbons (Fsp3) is 0.125. The number of rotatable bonds is 2. The summed E-state index contributed by atoms with van der Waals surface area (Å²) in [6.07, 6.45) is 3.12. The fourth-order valence-electron chi connectivity index (χ4n) is 1.45. The third kappa shape index (κ3) is 3.86. The van der Waals surface area contributed by atoms with Crippen molar-refractivity contribution in [3.8, 4) is 11.5 Å². The van der Waals surface area contributed by atoms with Crippen LogP contribution in [0.4, 0.5) is 9.59 Å². The van der Waals surface area contributed by atoms with Crippen LogP contribution in [0.1, 0.15) is 0 Å². The van der Waals surface area contributed by atoms with Crippen molar-refractivity contribution in [3.05, 3.63) is 60.7 Å². The Balaban J connectivity index is 2.06. The molecule has 0 N–H and O–H groups in total. The number of para-hydroxylation sites is 2. The quantitative estimate of drug-likeness (QED) is 0.769. The van der Waals surface area contributed by atoms with Crippen LogP contribution in [0, 0.1) is 0 Å². The number of hydrogen-bond acceptors (Lipinski definition) is 4. The molecule has 4 nitrogen and oxygen atoms in total. The molecule has 2 aromatic carbocycles. The average molecular weight is 304 g/mol. The molecule has 0 aliphatic carbocycles. The number of benzene rings is 2. The summed E-state index contributed by atoms with van der Waals surface area (Å²) >= 11 is 0. The van der Waals surface area contributed by atoms with Crippen molar-refractivity contribution in [3.63, 3.8) is 0 Å². The summed E-state index contributed by atoms with van der Waals surface area (Å²) in [6.45, 7) is 0. The molecule has 2 rings (SSSR count). The van der Waals surface area contributed by atoms with Crippen molar-refractivity contribution in [1.82, 2.24) is 0 Å². The molecule has 0 saturated carbocycles. The van der Waals surface area contributed by atoms with Crippen LogP contribution >= 0.6 is 10.0 Å². The van der Waals surface area contributed by atoms with Gasteiger partial charge in [0, 0.05) is 0 Å². The van der Waals surface area contributed by atoms with Crippen LogP contribution in [0.2, 0.25) is 0 Å². The number of hydrogen-bond donors (Lipinski definition) is 0. The Morgan fingerprint density at radius 2 is 1.05 bits per heavy atom. The van der Waals surface area contributed by atoms with Crippen LogP contribution in [-0.4, -0.2) is 23.1 Å². The molecular formula is C16H16O4S. The maximum absolute atomic E-state index is 12.2. The molecule has 0 spiro atoms. The van der Waals surface area contributed by atoms with E-state index in [0.29, 0.717) is 11.5 Å². The van der Waals surface area contributed by atoms with Gasteiger partial charge >= 0.3 is 10.6 Å². The molecule has 0 aliphatic rings. The van der Waals surface area contributed by atoms with Gasteiger partial charge in [0.25, 0.3) is 0 Å². The summed E-state index contributed by atoms with van der Waals surface area (Å²) in [4.78, 5) is 24.4. The van der Waals surface area contributed by atoms with E-state index >= 15 is 0 Å². The van der Waals surface area contributed by atoms with Gasteiger partial charge in [0.2, 0.25) is 0 Å². The Morgan fingerprint density at radius 3 is 1.38 bits per heavy atom. The summed E-state index contributed by atoms with van der Waals surface area (Å²) in [5.41, 5.74) is 0. The van der Waals surface area contributed by atoms with E-state index in [4.69, 9.17) is 9.47 Å². The number of ether oxygens (including phenoxy) is 2. The van der Waals surface area contributed by atoms with Crippen molar-refractivity contribution in [2.24, 2.45) is 0 Å². The van der Waals surface area contributed by atoms with Crippen LogP contribution in [0.5, 0.6) is 11.5 Å². The molecular weight excluding hydrogens is 288 g/mol. The highest BCUT2D eigenvalue weighted by atomic mass is 32.3. The standard InChI is InChI=1S/C16H16O4S/c1-21(2,15(17)19-13-9-5-3-6-10-13)16(18)20-14-11-7-4-8-12-14/h3-12H,1-2H3. The smallest absolute Gasteiger partial charge is 0.364 e. The van der Waals surface area contributed by atoms with E-state index in [1.165, 1.54) is 0 Å². The van der Waals surface area contributed by atoms with E-state index in [0.717, 1.165) is 0 Å². The monoisotopic (exact) mass is 304 g/mol. The minimum Gasteiger partial charge on any atom is -0.419 e. The molecule has 0 atom stereocenters. The Labute approximate surface area is 125 Å². The molecule has 0 aliphatic heterocycles. The van der Waals surface area contributed by atoms with Gasteiger partial charge in [0.05, 0.1) is 0 Å². The maximum atomic E-state index is 12.2. The van der Waals surface area contributed by atoms with Gasteiger partial charge in [0.15, 0.2) is 0 Å². The van der Waals surface area contributed by atoms with Gasteiger partial charge in [-0.15, -0.1) is 0 Å². The minimum atomic E-state index is -2.36. The zero-order valence-corrected chi connectivity index (χ0v) is 12.6. The van der Waals surface area contributed by atoms with Gasteiger partial charge in [-0.05, 0) is 36.8 Å². The third-order valence-corrected chi connectivity index (χ3v) is 4.56. The second-order valence-electron chi connectivity index (χ2n) is 4.66. The predicted molar refractivity (Wildman–Crippen MR) is 84.4 cm³/mol. The summed E-state index contributed by atoms with van der Waals surface area (Å²) in [7, 11) is -2.36. The molecule has 0 radical (unpaired) electrons. The fourth-order valence-corrected chi connectivity index (χ4v) is 2.19. The van der Waals surface area contributed by atoms with Crippen molar-refractivity contribution in [2.75, 3.05) is 12.5 Å². The van der Waals surface area contributed by atoms with Crippen molar-refractivity contribution < 1.29 is 19.1 Å². The normalized spacial score (nSPS) is 11.5. The van der Waals surface area contributed by atoms with E-state index in [9.17, 15) is 9.59 Å². The van der Waals surface area contributed by atoms with E-state index in [1.54, 1.807) is 61.0 Å². The molecule has 110 valence electrons. The lowest BCUT2D eigenvalue weighted by atomic mass is 10.3. The zero-order valence-electron chi connectivity index (χ0n) is 11.8. The second-order valence-corrected chi connectivity index (χ2v) is 7.98. The molecule has 0 saturated heterocycles. The molecule has 0 unspecified atom stereocenters. The maximum Gasteiger partial charge on any atom is 0.364 e. The summed E-state index contributed by atoms with van der Waals surface area (Å²) in [5, 5.41) is -1.15. The third-order valence-electron chi connectivity index (χ3n) is 2.72. The van der Waals surface area contributed by atoms with Crippen molar-refractivity contribution in [1.29, 1.82) is 0 Å². The van der Waals surface area contributed by atoms with Gasteiger partial charge in [-0.25, -0.2) is 9.59 Å². The first-order chi connectivity index (χ1) is 10.00. The minimum absolute atomic E-state index is 0.413. The largest absolute Gasteiger partial charge is 0.419 e. The number of carbonyl (C=O) groups is 2. The average Bonchev–Trinajstić information content (AvgIpc) is 2.49. The summed E-state index contributed by atoms with van der Waals surface area (Å²) < 4.78 is 10.5. The topological polar surface area (TPSA) is 52.6 Å². The van der Waals surface area contributed by atoms with Gasteiger partial charge in [-0.3, -0.25) is 0 Å². The van der Waals surface area contributed by atoms with Gasteiger partial charge in [-0.1, -0.05) is 46.4 Å². The lowest BCUT2D eigenvalue weighted by Crippen LogP contribution is -2.24. The molecule has 0 heterocycles. The van der Waals surface area contributed by atoms with Gasteiger partial charge < -0.3 is 9.47 Å². The highest BCUT2D eigenvalue weighted by molar-refractivity contribution is 8.54.